The maximum Gasteiger partial charge on any atom is 0.279 e. The minimum Gasteiger partial charge on any atom is -0.492 e. The van der Waals surface area contributed by atoms with E-state index in [4.69, 9.17) is 18.9 Å². The Bertz CT molecular complexity index is 1340. The van der Waals surface area contributed by atoms with Crippen molar-refractivity contribution in [3.8, 4) is 5.75 Å². The largest absolute Gasteiger partial charge is 0.492 e. The Labute approximate surface area is 221 Å². The molecule has 1 heterocycles. The van der Waals surface area contributed by atoms with E-state index < -0.39 is 15.9 Å². The van der Waals surface area contributed by atoms with E-state index in [1.54, 1.807) is 7.11 Å². The molecule has 0 radical (unpaired) electrons. The first kappa shape index (κ1) is 29.0. The van der Waals surface area contributed by atoms with Crippen LogP contribution in [0.1, 0.15) is 17.3 Å². The summed E-state index contributed by atoms with van der Waals surface area (Å²) in [5.41, 5.74) is 1.13. The van der Waals surface area contributed by atoms with Gasteiger partial charge in [-0.05, 0) is 43.3 Å². The van der Waals surface area contributed by atoms with E-state index in [-0.39, 0.29) is 36.8 Å². The molecule has 0 aliphatic carbocycles. The molecule has 0 unspecified atom stereocenters. The molecule has 0 atom stereocenters. The quantitative estimate of drug-likeness (QED) is 0.303. The highest BCUT2D eigenvalue weighted by atomic mass is 32.2. The standard InChI is InChI=1S/C25H33N3O7S2/c1-5-35-21-7-6-8-22-23(21)28(15-18-34-4)25(36-22)26-24(29)19-9-11-20(12-10-19)37(30,31)27(13-16-32-2)14-17-33-3/h6-12H,5,13-18H2,1-4H3. The molecule has 0 aliphatic heterocycles. The zero-order chi connectivity index (χ0) is 26.8. The lowest BCUT2D eigenvalue weighted by atomic mass is 10.2. The van der Waals surface area contributed by atoms with Crippen molar-refractivity contribution in [2.24, 2.45) is 4.99 Å². The molecule has 37 heavy (non-hydrogen) atoms. The van der Waals surface area contributed by atoms with Crippen LogP contribution in [0.25, 0.3) is 10.2 Å². The summed E-state index contributed by atoms with van der Waals surface area (Å²) in [5, 5.41) is 0. The van der Waals surface area contributed by atoms with Gasteiger partial charge in [0.1, 0.15) is 11.3 Å². The van der Waals surface area contributed by atoms with Gasteiger partial charge in [-0.1, -0.05) is 17.4 Å². The number of aromatic nitrogens is 1. The number of carbonyl (C=O) groups is 1. The van der Waals surface area contributed by atoms with Crippen LogP contribution in [0.4, 0.5) is 0 Å². The molecule has 0 N–H and O–H groups in total. The molecule has 0 fully saturated rings. The molecule has 2 aromatic carbocycles. The van der Waals surface area contributed by atoms with E-state index in [1.807, 2.05) is 29.7 Å². The summed E-state index contributed by atoms with van der Waals surface area (Å²) < 4.78 is 51.5. The van der Waals surface area contributed by atoms with Gasteiger partial charge in [0.2, 0.25) is 10.0 Å². The molecule has 1 amide bonds. The predicted molar refractivity (Wildman–Crippen MR) is 142 cm³/mol. The number of nitrogens with zero attached hydrogens (tertiary/aromatic N) is 3. The Hall–Kier alpha value is -2.61. The van der Waals surface area contributed by atoms with Crippen LogP contribution < -0.4 is 9.54 Å². The molecule has 0 saturated carbocycles. The van der Waals surface area contributed by atoms with Gasteiger partial charge in [0.25, 0.3) is 5.91 Å². The van der Waals surface area contributed by atoms with E-state index in [0.717, 1.165) is 10.2 Å². The zero-order valence-electron chi connectivity index (χ0n) is 21.5. The van der Waals surface area contributed by atoms with Crippen LogP contribution in [-0.4, -0.2) is 84.0 Å². The summed E-state index contributed by atoms with van der Waals surface area (Å²) in [7, 11) is 0.847. The van der Waals surface area contributed by atoms with E-state index in [2.05, 4.69) is 4.99 Å². The average Bonchev–Trinajstić information content (AvgIpc) is 3.25. The molecular formula is C25H33N3O7S2. The lowest BCUT2D eigenvalue weighted by Gasteiger charge is -2.21. The minimum atomic E-state index is -3.79. The molecular weight excluding hydrogens is 518 g/mol. The van der Waals surface area contributed by atoms with Crippen molar-refractivity contribution in [1.29, 1.82) is 0 Å². The molecule has 0 bridgehead atoms. The van der Waals surface area contributed by atoms with Gasteiger partial charge in [-0.2, -0.15) is 9.30 Å². The number of hydrogen-bond acceptors (Lipinski definition) is 8. The number of sulfonamides is 1. The van der Waals surface area contributed by atoms with Crippen molar-refractivity contribution in [3.05, 3.63) is 52.8 Å². The maximum atomic E-state index is 13.1. The van der Waals surface area contributed by atoms with Crippen molar-refractivity contribution in [3.63, 3.8) is 0 Å². The number of para-hydroxylation sites is 1. The molecule has 3 rings (SSSR count). The van der Waals surface area contributed by atoms with Gasteiger partial charge in [-0.25, -0.2) is 8.42 Å². The van der Waals surface area contributed by atoms with Crippen LogP contribution in [0.15, 0.2) is 52.4 Å². The normalized spacial score (nSPS) is 12.5. The van der Waals surface area contributed by atoms with Crippen LogP contribution in [0, 0.1) is 0 Å². The number of benzene rings is 2. The van der Waals surface area contributed by atoms with Gasteiger partial charge >= 0.3 is 0 Å². The summed E-state index contributed by atoms with van der Waals surface area (Å²) in [5.74, 6) is 0.234. The number of hydrogen-bond donors (Lipinski definition) is 0. The number of thiazole rings is 1. The number of carbonyl (C=O) groups excluding carboxylic acids is 1. The molecule has 3 aromatic rings. The molecule has 0 aliphatic rings. The van der Waals surface area contributed by atoms with Gasteiger partial charge in [0.15, 0.2) is 4.80 Å². The fourth-order valence-electron chi connectivity index (χ4n) is 3.65. The number of ether oxygens (including phenoxy) is 4. The van der Waals surface area contributed by atoms with Crippen molar-refractivity contribution in [1.82, 2.24) is 8.87 Å². The fourth-order valence-corrected chi connectivity index (χ4v) is 6.13. The second-order valence-electron chi connectivity index (χ2n) is 7.90. The first-order valence-corrected chi connectivity index (χ1v) is 14.0. The Kier molecular flexibility index (Phi) is 10.8. The third-order valence-electron chi connectivity index (χ3n) is 5.51. The summed E-state index contributed by atoms with van der Waals surface area (Å²) >= 11 is 1.38. The van der Waals surface area contributed by atoms with E-state index >= 15 is 0 Å². The second-order valence-corrected chi connectivity index (χ2v) is 10.8. The highest BCUT2D eigenvalue weighted by Gasteiger charge is 2.24. The van der Waals surface area contributed by atoms with E-state index in [0.29, 0.717) is 30.3 Å². The third-order valence-corrected chi connectivity index (χ3v) is 8.47. The number of methoxy groups -OCH3 is 3. The Balaban J connectivity index is 1.94. The van der Waals surface area contributed by atoms with E-state index in [1.165, 1.54) is 54.1 Å². The number of fused-ring (bicyclic) bond motifs is 1. The van der Waals surface area contributed by atoms with Gasteiger partial charge in [-0.3, -0.25) is 4.79 Å². The Morgan fingerprint density at radius 2 is 1.62 bits per heavy atom. The molecule has 0 spiro atoms. The van der Waals surface area contributed by atoms with Crippen LogP contribution in [0.2, 0.25) is 0 Å². The van der Waals surface area contributed by atoms with Crippen molar-refractivity contribution in [2.45, 2.75) is 18.4 Å². The van der Waals surface area contributed by atoms with Crippen molar-refractivity contribution in [2.75, 3.05) is 60.8 Å². The van der Waals surface area contributed by atoms with Crippen molar-refractivity contribution >= 4 is 37.5 Å². The fraction of sp³-hybridized carbons (Fsp3) is 0.440. The second kappa shape index (κ2) is 13.8. The average molecular weight is 552 g/mol. The Morgan fingerprint density at radius 1 is 0.973 bits per heavy atom. The Morgan fingerprint density at radius 3 is 2.22 bits per heavy atom. The lowest BCUT2D eigenvalue weighted by Crippen LogP contribution is -2.36. The molecule has 12 heteroatoms. The first-order chi connectivity index (χ1) is 17.9. The van der Waals surface area contributed by atoms with E-state index in [9.17, 15) is 13.2 Å². The first-order valence-electron chi connectivity index (χ1n) is 11.8. The summed E-state index contributed by atoms with van der Waals surface area (Å²) in [6.45, 7) is 4.23. The molecule has 10 nitrogen and oxygen atoms in total. The molecule has 1 aromatic heterocycles. The van der Waals surface area contributed by atoms with Crippen molar-refractivity contribution < 1.29 is 32.2 Å². The van der Waals surface area contributed by atoms with Crippen LogP contribution in [0.5, 0.6) is 5.75 Å². The monoisotopic (exact) mass is 551 g/mol. The maximum absolute atomic E-state index is 13.1. The SMILES string of the molecule is CCOc1cccc2sc(=NC(=O)c3ccc(S(=O)(=O)N(CCOC)CCOC)cc3)n(CCOC)c12. The lowest BCUT2D eigenvalue weighted by molar-refractivity contribution is 0.0997. The molecule has 202 valence electrons. The summed E-state index contributed by atoms with van der Waals surface area (Å²) in [6.07, 6.45) is 0. The topological polar surface area (TPSA) is 109 Å². The summed E-state index contributed by atoms with van der Waals surface area (Å²) in [6, 6.07) is 11.5. The molecule has 0 saturated heterocycles. The summed E-state index contributed by atoms with van der Waals surface area (Å²) in [4.78, 5) is 18.0. The van der Waals surface area contributed by atoms with Crippen LogP contribution in [-0.2, 0) is 30.8 Å². The highest BCUT2D eigenvalue weighted by molar-refractivity contribution is 7.89. The van der Waals surface area contributed by atoms with Crippen LogP contribution >= 0.6 is 11.3 Å². The van der Waals surface area contributed by atoms with Gasteiger partial charge < -0.3 is 23.5 Å². The number of amides is 1. The smallest absolute Gasteiger partial charge is 0.279 e. The van der Waals surface area contributed by atoms with Gasteiger partial charge in [-0.15, -0.1) is 0 Å². The van der Waals surface area contributed by atoms with Gasteiger partial charge in [0.05, 0.1) is 36.0 Å². The zero-order valence-corrected chi connectivity index (χ0v) is 23.1. The third kappa shape index (κ3) is 7.03. The highest BCUT2D eigenvalue weighted by Crippen LogP contribution is 2.27. The number of rotatable bonds is 14. The minimum absolute atomic E-state index is 0.0784. The van der Waals surface area contributed by atoms with Gasteiger partial charge in [0, 0.05) is 46.5 Å². The predicted octanol–water partition coefficient (Wildman–Crippen LogP) is 2.77. The van der Waals surface area contributed by atoms with Crippen LogP contribution in [0.3, 0.4) is 0 Å².